The fraction of sp³-hybridized carbons (Fsp3) is 0.0588. The van der Waals surface area contributed by atoms with Crippen molar-refractivity contribution in [2.24, 2.45) is 0 Å². The third kappa shape index (κ3) is 3.65. The molecule has 0 radical (unpaired) electrons. The monoisotopic (exact) mass is 375 g/mol. The van der Waals surface area contributed by atoms with E-state index in [1.54, 1.807) is 6.20 Å². The van der Waals surface area contributed by atoms with Gasteiger partial charge in [-0.05, 0) is 34.1 Å². The number of aromatic nitrogens is 1. The highest BCUT2D eigenvalue weighted by Crippen LogP contribution is 2.22. The van der Waals surface area contributed by atoms with Gasteiger partial charge in [0.05, 0.1) is 11.8 Å². The van der Waals surface area contributed by atoms with Crippen LogP contribution in [0, 0.1) is 5.82 Å². The largest absolute Gasteiger partial charge is 0.452 e. The summed E-state index contributed by atoms with van der Waals surface area (Å²) in [5.74, 6) is -0.139. The normalized spacial score (nSPS) is 10.5. The molecule has 0 aliphatic carbocycles. The molecule has 0 spiro atoms. The molecule has 4 nitrogen and oxygen atoms in total. The average Bonchev–Trinajstić information content (AvgIpc) is 3.02. The maximum Gasteiger partial charge on any atom is 0.339 e. The first-order valence-corrected chi connectivity index (χ1v) is 7.55. The Hall–Kier alpha value is -2.47. The van der Waals surface area contributed by atoms with Gasteiger partial charge in [-0.2, -0.15) is 0 Å². The van der Waals surface area contributed by atoms with Gasteiger partial charge in [-0.15, -0.1) is 0 Å². The number of carbonyl (C=O) groups excluding carboxylic acids is 1. The van der Waals surface area contributed by atoms with Crippen molar-refractivity contribution in [3.63, 3.8) is 0 Å². The second kappa shape index (κ2) is 6.75. The van der Waals surface area contributed by atoms with E-state index in [-0.39, 0.29) is 18.1 Å². The number of halogens is 2. The fourth-order valence-corrected chi connectivity index (χ4v) is 2.49. The highest BCUT2D eigenvalue weighted by Gasteiger charge is 2.14. The number of carbonyl (C=O) groups is 1. The van der Waals surface area contributed by atoms with Gasteiger partial charge in [0.1, 0.15) is 5.82 Å². The minimum absolute atomic E-state index is 0.102. The van der Waals surface area contributed by atoms with Crippen LogP contribution in [0.5, 0.6) is 0 Å². The maximum atomic E-state index is 13.0. The average molecular weight is 376 g/mol. The molecule has 3 rings (SSSR count). The number of benzene rings is 2. The molecule has 0 unspecified atom stereocenters. The van der Waals surface area contributed by atoms with Gasteiger partial charge in [-0.25, -0.2) is 14.2 Å². The van der Waals surface area contributed by atoms with Crippen LogP contribution in [-0.4, -0.2) is 11.0 Å². The van der Waals surface area contributed by atoms with Crippen LogP contribution in [-0.2, 0) is 11.3 Å². The molecule has 0 saturated carbocycles. The van der Waals surface area contributed by atoms with Gasteiger partial charge in [-0.3, -0.25) is 0 Å². The number of nitrogens with zero attached hydrogens (tertiary/aromatic N) is 1. The Bertz CT molecular complexity index is 833. The molecule has 1 heterocycles. The summed E-state index contributed by atoms with van der Waals surface area (Å²) in [7, 11) is 0. The molecular weight excluding hydrogens is 365 g/mol. The van der Waals surface area contributed by atoms with Crippen LogP contribution < -0.4 is 0 Å². The molecule has 0 N–H and O–H groups in total. The predicted molar refractivity (Wildman–Crippen MR) is 85.2 cm³/mol. The summed E-state index contributed by atoms with van der Waals surface area (Å²) in [6.07, 6.45) is 1.58. The molecule has 0 bridgehead atoms. The molecule has 2 aromatic carbocycles. The van der Waals surface area contributed by atoms with Crippen molar-refractivity contribution in [3.05, 3.63) is 76.5 Å². The zero-order valence-corrected chi connectivity index (χ0v) is 13.4. The maximum absolute atomic E-state index is 13.0. The number of esters is 1. The molecule has 116 valence electrons. The molecule has 6 heteroatoms. The van der Waals surface area contributed by atoms with Gasteiger partial charge in [0.2, 0.25) is 5.89 Å². The molecule has 0 aliphatic rings. The van der Waals surface area contributed by atoms with E-state index in [1.165, 1.54) is 18.2 Å². The van der Waals surface area contributed by atoms with Crippen molar-refractivity contribution >= 4 is 21.9 Å². The Labute approximate surface area is 140 Å². The number of ether oxygens (including phenoxy) is 1. The van der Waals surface area contributed by atoms with E-state index in [0.717, 1.165) is 5.56 Å². The Balaban J connectivity index is 1.67. The lowest BCUT2D eigenvalue weighted by molar-refractivity contribution is 0.0438. The summed E-state index contributed by atoms with van der Waals surface area (Å²) < 4.78 is 24.0. The first-order chi connectivity index (χ1) is 11.1. The van der Waals surface area contributed by atoms with Gasteiger partial charge in [0.15, 0.2) is 12.4 Å². The number of oxazole rings is 1. The molecule has 23 heavy (non-hydrogen) atoms. The Morgan fingerprint density at radius 1 is 1.22 bits per heavy atom. The minimum atomic E-state index is -0.587. The van der Waals surface area contributed by atoms with E-state index >= 15 is 0 Å². The molecule has 0 saturated heterocycles. The third-order valence-corrected chi connectivity index (χ3v) is 3.75. The summed E-state index contributed by atoms with van der Waals surface area (Å²) >= 11 is 3.13. The highest BCUT2D eigenvalue weighted by atomic mass is 79.9. The SMILES string of the molecule is O=C(OCc1ncc(-c2ccccc2)o1)c1ccc(F)cc1Br. The summed E-state index contributed by atoms with van der Waals surface area (Å²) in [6.45, 7) is -0.102. The van der Waals surface area contributed by atoms with Crippen LogP contribution >= 0.6 is 15.9 Å². The van der Waals surface area contributed by atoms with Gasteiger partial charge in [0, 0.05) is 10.0 Å². The van der Waals surface area contributed by atoms with E-state index in [9.17, 15) is 9.18 Å². The predicted octanol–water partition coefficient (Wildman–Crippen LogP) is 4.60. The Morgan fingerprint density at radius 2 is 2.00 bits per heavy atom. The van der Waals surface area contributed by atoms with E-state index in [1.807, 2.05) is 30.3 Å². The molecule has 3 aromatic rings. The van der Waals surface area contributed by atoms with Gasteiger partial charge in [0.25, 0.3) is 0 Å². The van der Waals surface area contributed by atoms with Crippen molar-refractivity contribution in [1.82, 2.24) is 4.98 Å². The van der Waals surface area contributed by atoms with Gasteiger partial charge in [-0.1, -0.05) is 30.3 Å². The third-order valence-electron chi connectivity index (χ3n) is 3.09. The van der Waals surface area contributed by atoms with E-state index in [0.29, 0.717) is 10.2 Å². The first-order valence-electron chi connectivity index (χ1n) is 6.76. The summed E-state index contributed by atoms with van der Waals surface area (Å²) in [6, 6.07) is 13.2. The van der Waals surface area contributed by atoms with Gasteiger partial charge < -0.3 is 9.15 Å². The lowest BCUT2D eigenvalue weighted by atomic mass is 10.2. The van der Waals surface area contributed by atoms with Crippen LogP contribution in [0.15, 0.2) is 63.6 Å². The van der Waals surface area contributed by atoms with E-state index in [2.05, 4.69) is 20.9 Å². The van der Waals surface area contributed by atoms with Crippen LogP contribution in [0.3, 0.4) is 0 Å². The van der Waals surface area contributed by atoms with Crippen LogP contribution in [0.4, 0.5) is 4.39 Å². The van der Waals surface area contributed by atoms with Crippen LogP contribution in [0.2, 0.25) is 0 Å². The number of hydrogen-bond acceptors (Lipinski definition) is 4. The van der Waals surface area contributed by atoms with Crippen molar-refractivity contribution in [1.29, 1.82) is 0 Å². The topological polar surface area (TPSA) is 52.3 Å². The molecule has 1 aromatic heterocycles. The second-order valence-electron chi connectivity index (χ2n) is 4.68. The van der Waals surface area contributed by atoms with E-state index < -0.39 is 11.8 Å². The molecular formula is C17H11BrFNO3. The first kappa shape index (κ1) is 15.4. The summed E-state index contributed by atoms with van der Waals surface area (Å²) in [5, 5.41) is 0. The lowest BCUT2D eigenvalue weighted by Gasteiger charge is -2.04. The quantitative estimate of drug-likeness (QED) is 0.625. The summed E-state index contributed by atoms with van der Waals surface area (Å²) in [4.78, 5) is 16.1. The lowest BCUT2D eigenvalue weighted by Crippen LogP contribution is -2.06. The van der Waals surface area contributed by atoms with Crippen molar-refractivity contribution in [2.75, 3.05) is 0 Å². The van der Waals surface area contributed by atoms with Crippen molar-refractivity contribution < 1.29 is 18.3 Å². The summed E-state index contributed by atoms with van der Waals surface area (Å²) in [5.41, 5.74) is 1.13. The van der Waals surface area contributed by atoms with Crippen LogP contribution in [0.1, 0.15) is 16.2 Å². The van der Waals surface area contributed by atoms with E-state index in [4.69, 9.17) is 9.15 Å². The minimum Gasteiger partial charge on any atom is -0.452 e. The van der Waals surface area contributed by atoms with Crippen molar-refractivity contribution in [2.45, 2.75) is 6.61 Å². The molecule has 0 aliphatic heterocycles. The highest BCUT2D eigenvalue weighted by molar-refractivity contribution is 9.10. The zero-order valence-electron chi connectivity index (χ0n) is 11.8. The Kier molecular flexibility index (Phi) is 4.52. The smallest absolute Gasteiger partial charge is 0.339 e. The fourth-order valence-electron chi connectivity index (χ4n) is 1.97. The molecule has 0 fully saturated rings. The Morgan fingerprint density at radius 3 is 2.74 bits per heavy atom. The molecule has 0 atom stereocenters. The number of rotatable bonds is 4. The second-order valence-corrected chi connectivity index (χ2v) is 5.54. The van der Waals surface area contributed by atoms with Crippen molar-refractivity contribution in [3.8, 4) is 11.3 Å². The van der Waals surface area contributed by atoms with Gasteiger partial charge >= 0.3 is 5.97 Å². The molecule has 0 amide bonds. The zero-order chi connectivity index (χ0) is 16.2. The standard InChI is InChI=1S/C17H11BrFNO3/c18-14-8-12(19)6-7-13(14)17(21)22-10-16-20-9-15(23-16)11-4-2-1-3-5-11/h1-9H,10H2. The van der Waals surface area contributed by atoms with Crippen LogP contribution in [0.25, 0.3) is 11.3 Å². The number of hydrogen-bond donors (Lipinski definition) is 0.